The number of aryl methyl sites for hydroxylation is 1. The molecule has 0 aliphatic carbocycles. The molecule has 1 heterocycles. The molecule has 7 heteroatoms. The Labute approximate surface area is 166 Å². The number of hydrogen-bond donors (Lipinski definition) is 2. The Kier molecular flexibility index (Phi) is 8.91. The first kappa shape index (κ1) is 21.0. The summed E-state index contributed by atoms with van der Waals surface area (Å²) in [4.78, 5) is 10.3. The number of ether oxygens (including phenoxy) is 2. The van der Waals surface area contributed by atoms with Crippen molar-refractivity contribution in [2.24, 2.45) is 4.99 Å². The zero-order valence-corrected chi connectivity index (χ0v) is 17.5. The number of nitrogens with one attached hydrogen (secondary N) is 2. The van der Waals surface area contributed by atoms with Gasteiger partial charge in [0.25, 0.3) is 0 Å². The molecule has 0 radical (unpaired) electrons. The van der Waals surface area contributed by atoms with E-state index in [9.17, 15) is 0 Å². The molecule has 27 heavy (non-hydrogen) atoms. The molecule has 0 atom stereocenters. The van der Waals surface area contributed by atoms with Crippen LogP contribution in [0.2, 0.25) is 0 Å². The van der Waals surface area contributed by atoms with Crippen molar-refractivity contribution < 1.29 is 9.47 Å². The van der Waals surface area contributed by atoms with E-state index in [-0.39, 0.29) is 0 Å². The van der Waals surface area contributed by atoms with E-state index in [1.807, 2.05) is 24.4 Å². The summed E-state index contributed by atoms with van der Waals surface area (Å²) in [6, 6.07) is 5.96. The summed E-state index contributed by atoms with van der Waals surface area (Å²) >= 11 is 1.74. The quantitative estimate of drug-likeness (QED) is 0.480. The molecule has 6 nitrogen and oxygen atoms in total. The molecule has 2 N–H and O–H groups in total. The highest BCUT2D eigenvalue weighted by molar-refractivity contribution is 7.11. The number of rotatable bonds is 10. The Morgan fingerprint density at radius 3 is 2.74 bits per heavy atom. The van der Waals surface area contributed by atoms with E-state index in [0.29, 0.717) is 13.2 Å². The van der Waals surface area contributed by atoms with E-state index in [4.69, 9.17) is 9.47 Å². The number of methoxy groups -OCH3 is 1. The molecule has 0 aliphatic rings. The molecule has 148 valence electrons. The average molecular weight is 391 g/mol. The van der Waals surface area contributed by atoms with Crippen molar-refractivity contribution in [3.8, 4) is 11.5 Å². The maximum Gasteiger partial charge on any atom is 0.191 e. The first-order chi connectivity index (χ1) is 13.2. The van der Waals surface area contributed by atoms with Gasteiger partial charge in [-0.05, 0) is 38.0 Å². The maximum absolute atomic E-state index is 5.70. The van der Waals surface area contributed by atoms with Gasteiger partial charge in [-0.1, -0.05) is 13.0 Å². The highest BCUT2D eigenvalue weighted by Crippen LogP contribution is 2.28. The molecule has 0 unspecified atom stereocenters. The van der Waals surface area contributed by atoms with E-state index in [1.54, 1.807) is 18.4 Å². The Hall–Kier alpha value is -2.28. The average Bonchev–Trinajstić information content (AvgIpc) is 3.09. The molecule has 0 spiro atoms. The molecule has 0 aliphatic heterocycles. The minimum Gasteiger partial charge on any atom is -0.493 e. The fraction of sp³-hybridized carbons (Fsp3) is 0.500. The van der Waals surface area contributed by atoms with E-state index >= 15 is 0 Å². The number of nitrogens with zero attached hydrogens (tertiary/aromatic N) is 2. The topological polar surface area (TPSA) is 67.8 Å². The number of aliphatic imine (C=N–C) groups is 1. The number of benzene rings is 1. The predicted octanol–water partition coefficient (Wildman–Crippen LogP) is 3.55. The fourth-order valence-electron chi connectivity index (χ4n) is 2.46. The number of guanidine groups is 1. The second-order valence-corrected chi connectivity index (χ2v) is 7.39. The SMILES string of the molecule is CCCOc1ccc(CN=C(NCC)NCCc2ncc(C)s2)cc1OC. The van der Waals surface area contributed by atoms with Crippen LogP contribution in [-0.2, 0) is 13.0 Å². The van der Waals surface area contributed by atoms with Crippen LogP contribution in [-0.4, -0.2) is 37.7 Å². The van der Waals surface area contributed by atoms with Crippen molar-refractivity contribution in [3.63, 3.8) is 0 Å². The standard InChI is InChI=1S/C20H30N4O2S/c1-5-11-26-17-8-7-16(12-18(17)25-4)14-24-20(21-6-2)22-10-9-19-23-13-15(3)27-19/h7-8,12-13H,5-6,9-11,14H2,1-4H3,(H2,21,22,24). The Morgan fingerprint density at radius 1 is 1.22 bits per heavy atom. The van der Waals surface area contributed by atoms with Crippen LogP contribution in [0, 0.1) is 6.92 Å². The summed E-state index contributed by atoms with van der Waals surface area (Å²) in [5.74, 6) is 2.32. The first-order valence-electron chi connectivity index (χ1n) is 9.39. The van der Waals surface area contributed by atoms with Gasteiger partial charge in [0.1, 0.15) is 0 Å². The van der Waals surface area contributed by atoms with Crippen molar-refractivity contribution in [2.75, 3.05) is 26.8 Å². The third-order valence-electron chi connectivity index (χ3n) is 3.75. The molecule has 1 aromatic carbocycles. The van der Waals surface area contributed by atoms with Crippen LogP contribution >= 0.6 is 11.3 Å². The van der Waals surface area contributed by atoms with Crippen LogP contribution in [0.1, 0.15) is 35.7 Å². The smallest absolute Gasteiger partial charge is 0.191 e. The summed E-state index contributed by atoms with van der Waals surface area (Å²) in [6.45, 7) is 9.08. The molecule has 0 bridgehead atoms. The van der Waals surface area contributed by atoms with Crippen molar-refractivity contribution in [2.45, 2.75) is 40.2 Å². The molecule has 0 amide bonds. The number of aromatic nitrogens is 1. The summed E-state index contributed by atoms with van der Waals surface area (Å²) in [6.07, 6.45) is 3.77. The van der Waals surface area contributed by atoms with Gasteiger partial charge in [0.2, 0.25) is 0 Å². The molecular weight excluding hydrogens is 360 g/mol. The van der Waals surface area contributed by atoms with Gasteiger partial charge >= 0.3 is 0 Å². The van der Waals surface area contributed by atoms with Crippen LogP contribution in [0.4, 0.5) is 0 Å². The highest BCUT2D eigenvalue weighted by Gasteiger charge is 2.06. The van der Waals surface area contributed by atoms with Crippen molar-refractivity contribution >= 4 is 17.3 Å². The van der Waals surface area contributed by atoms with Gasteiger partial charge < -0.3 is 20.1 Å². The highest BCUT2D eigenvalue weighted by atomic mass is 32.1. The Bertz CT molecular complexity index is 731. The summed E-state index contributed by atoms with van der Waals surface area (Å²) < 4.78 is 11.1. The van der Waals surface area contributed by atoms with Gasteiger partial charge in [0.15, 0.2) is 17.5 Å². The van der Waals surface area contributed by atoms with Gasteiger partial charge in [0.05, 0.1) is 25.3 Å². The van der Waals surface area contributed by atoms with Gasteiger partial charge in [0, 0.05) is 30.6 Å². The predicted molar refractivity (Wildman–Crippen MR) is 112 cm³/mol. The van der Waals surface area contributed by atoms with Crippen LogP contribution in [0.25, 0.3) is 0 Å². The number of thiazole rings is 1. The maximum atomic E-state index is 5.70. The fourth-order valence-corrected chi connectivity index (χ4v) is 3.25. The first-order valence-corrected chi connectivity index (χ1v) is 10.2. The molecule has 2 aromatic rings. The third kappa shape index (κ3) is 7.09. The second kappa shape index (κ2) is 11.4. The lowest BCUT2D eigenvalue weighted by atomic mass is 10.2. The zero-order valence-electron chi connectivity index (χ0n) is 16.7. The summed E-state index contributed by atoms with van der Waals surface area (Å²) in [7, 11) is 1.66. The molecule has 0 fully saturated rings. The van der Waals surface area contributed by atoms with Crippen LogP contribution < -0.4 is 20.1 Å². The normalized spacial score (nSPS) is 11.3. The summed E-state index contributed by atoms with van der Waals surface area (Å²) in [5, 5.41) is 7.79. The van der Waals surface area contributed by atoms with Gasteiger partial charge in [-0.3, -0.25) is 0 Å². The lowest BCUT2D eigenvalue weighted by Crippen LogP contribution is -2.38. The number of hydrogen-bond acceptors (Lipinski definition) is 5. The van der Waals surface area contributed by atoms with Crippen molar-refractivity contribution in [1.82, 2.24) is 15.6 Å². The third-order valence-corrected chi connectivity index (χ3v) is 4.73. The van der Waals surface area contributed by atoms with Crippen LogP contribution in [0.3, 0.4) is 0 Å². The minimum absolute atomic E-state index is 0.566. The Balaban J connectivity index is 1.94. The lowest BCUT2D eigenvalue weighted by Gasteiger charge is -2.12. The lowest BCUT2D eigenvalue weighted by molar-refractivity contribution is 0.294. The van der Waals surface area contributed by atoms with Gasteiger partial charge in [-0.2, -0.15) is 0 Å². The van der Waals surface area contributed by atoms with E-state index in [1.165, 1.54) is 4.88 Å². The van der Waals surface area contributed by atoms with E-state index < -0.39 is 0 Å². The molecule has 1 aromatic heterocycles. The minimum atomic E-state index is 0.566. The van der Waals surface area contributed by atoms with Crippen LogP contribution in [0.15, 0.2) is 29.4 Å². The summed E-state index contributed by atoms with van der Waals surface area (Å²) in [5.41, 5.74) is 1.07. The zero-order chi connectivity index (χ0) is 19.5. The van der Waals surface area contributed by atoms with Crippen LogP contribution in [0.5, 0.6) is 11.5 Å². The monoisotopic (exact) mass is 390 g/mol. The molecule has 2 rings (SSSR count). The molecule has 0 saturated heterocycles. The van der Waals surface area contributed by atoms with Crippen molar-refractivity contribution in [3.05, 3.63) is 39.8 Å². The van der Waals surface area contributed by atoms with Gasteiger partial charge in [-0.25, -0.2) is 9.98 Å². The van der Waals surface area contributed by atoms with Crippen molar-refractivity contribution in [1.29, 1.82) is 0 Å². The Morgan fingerprint density at radius 2 is 2.07 bits per heavy atom. The van der Waals surface area contributed by atoms with E-state index in [0.717, 1.165) is 54.0 Å². The largest absolute Gasteiger partial charge is 0.493 e. The molecular formula is C20H30N4O2S. The molecule has 0 saturated carbocycles. The second-order valence-electron chi connectivity index (χ2n) is 6.07. The van der Waals surface area contributed by atoms with E-state index in [2.05, 4.69) is 41.4 Å². The van der Waals surface area contributed by atoms with Gasteiger partial charge in [-0.15, -0.1) is 11.3 Å².